The maximum atomic E-state index is 6.55. The molecule has 0 heterocycles. The van der Waals surface area contributed by atoms with Crippen molar-refractivity contribution in [3.05, 3.63) is 65.2 Å². The number of rotatable bonds is 8. The van der Waals surface area contributed by atoms with Crippen molar-refractivity contribution in [2.45, 2.75) is 31.6 Å². The summed E-state index contributed by atoms with van der Waals surface area (Å²) in [4.78, 5) is 0. The lowest BCUT2D eigenvalue weighted by Gasteiger charge is -2.12. The number of benzene rings is 2. The van der Waals surface area contributed by atoms with Crippen LogP contribution in [0.4, 0.5) is 0 Å². The summed E-state index contributed by atoms with van der Waals surface area (Å²) in [5.41, 5.74) is 8.91. The summed E-state index contributed by atoms with van der Waals surface area (Å²) in [6.45, 7) is 3.57. The van der Waals surface area contributed by atoms with Crippen LogP contribution in [0.25, 0.3) is 0 Å². The van der Waals surface area contributed by atoms with Crippen molar-refractivity contribution in [1.29, 1.82) is 0 Å². The Bertz CT molecular complexity index is 551. The molecule has 0 amide bonds. The van der Waals surface area contributed by atoms with Gasteiger partial charge in [-0.1, -0.05) is 42.0 Å². The van der Waals surface area contributed by atoms with Crippen LogP contribution in [0.5, 0.6) is 5.75 Å². The molecular formula is C19H24ClNO. The molecule has 2 rings (SSSR count). The Morgan fingerprint density at radius 1 is 0.909 bits per heavy atom. The molecule has 0 aliphatic rings. The predicted octanol–water partition coefficient (Wildman–Crippen LogP) is 4.83. The highest BCUT2D eigenvalue weighted by Crippen LogP contribution is 2.30. The van der Waals surface area contributed by atoms with E-state index >= 15 is 0 Å². The second-order valence-electron chi connectivity index (χ2n) is 5.54. The first-order chi connectivity index (χ1) is 10.7. The number of ether oxygens (including phenoxy) is 1. The van der Waals surface area contributed by atoms with Gasteiger partial charge in [-0.2, -0.15) is 0 Å². The Morgan fingerprint density at radius 3 is 2.09 bits per heavy atom. The summed E-state index contributed by atoms with van der Waals surface area (Å²) in [5.74, 6) is 0.893. The molecule has 2 N–H and O–H groups in total. The van der Waals surface area contributed by atoms with Gasteiger partial charge in [0.25, 0.3) is 0 Å². The molecule has 0 bridgehead atoms. The zero-order valence-corrected chi connectivity index (χ0v) is 13.9. The summed E-state index contributed by atoms with van der Waals surface area (Å²) in [6.07, 6.45) is 3.22. The Morgan fingerprint density at radius 2 is 1.50 bits per heavy atom. The van der Waals surface area contributed by atoms with Gasteiger partial charge in [0.2, 0.25) is 0 Å². The van der Waals surface area contributed by atoms with E-state index in [4.69, 9.17) is 22.1 Å². The van der Waals surface area contributed by atoms with Crippen LogP contribution >= 0.6 is 11.6 Å². The van der Waals surface area contributed by atoms with Gasteiger partial charge in [-0.05, 0) is 56.0 Å². The SMILES string of the molecule is Cc1ccc(C(Cl)c2ccc(OCCCCCN)cc2)cc1. The van der Waals surface area contributed by atoms with Crippen LogP contribution in [-0.4, -0.2) is 13.2 Å². The molecule has 1 atom stereocenters. The number of unbranched alkanes of at least 4 members (excludes halogenated alkanes) is 2. The van der Waals surface area contributed by atoms with Crippen molar-refractivity contribution in [2.24, 2.45) is 5.73 Å². The Hall–Kier alpha value is -1.51. The van der Waals surface area contributed by atoms with E-state index in [2.05, 4.69) is 31.2 Å². The van der Waals surface area contributed by atoms with E-state index in [0.29, 0.717) is 0 Å². The lowest BCUT2D eigenvalue weighted by molar-refractivity contribution is 0.305. The van der Waals surface area contributed by atoms with Crippen molar-refractivity contribution < 1.29 is 4.74 Å². The molecule has 2 aromatic rings. The lowest BCUT2D eigenvalue weighted by atomic mass is 10.0. The third-order valence-electron chi connectivity index (χ3n) is 3.66. The third-order valence-corrected chi connectivity index (χ3v) is 4.16. The first-order valence-electron chi connectivity index (χ1n) is 7.84. The fraction of sp³-hybridized carbons (Fsp3) is 0.368. The molecule has 22 heavy (non-hydrogen) atoms. The number of hydrogen-bond acceptors (Lipinski definition) is 2. The molecule has 0 aliphatic carbocycles. The maximum Gasteiger partial charge on any atom is 0.119 e. The molecular weight excluding hydrogens is 294 g/mol. The molecule has 2 nitrogen and oxygen atoms in total. The summed E-state index contributed by atoms with van der Waals surface area (Å²) in [7, 11) is 0. The van der Waals surface area contributed by atoms with E-state index in [1.807, 2.05) is 24.3 Å². The van der Waals surface area contributed by atoms with Gasteiger partial charge in [-0.25, -0.2) is 0 Å². The third kappa shape index (κ3) is 5.04. The van der Waals surface area contributed by atoms with Crippen LogP contribution < -0.4 is 10.5 Å². The van der Waals surface area contributed by atoms with Gasteiger partial charge in [0, 0.05) is 0 Å². The lowest BCUT2D eigenvalue weighted by Crippen LogP contribution is -2.01. The minimum Gasteiger partial charge on any atom is -0.494 e. The van der Waals surface area contributed by atoms with E-state index in [-0.39, 0.29) is 5.38 Å². The van der Waals surface area contributed by atoms with Gasteiger partial charge in [0.1, 0.15) is 5.75 Å². The second kappa shape index (κ2) is 8.82. The van der Waals surface area contributed by atoms with E-state index in [0.717, 1.165) is 49.3 Å². The number of halogens is 1. The highest BCUT2D eigenvalue weighted by atomic mass is 35.5. The minimum atomic E-state index is -0.126. The fourth-order valence-corrected chi connectivity index (χ4v) is 2.57. The van der Waals surface area contributed by atoms with Crippen LogP contribution in [0.3, 0.4) is 0 Å². The number of alkyl halides is 1. The fourth-order valence-electron chi connectivity index (χ4n) is 2.27. The number of nitrogens with two attached hydrogens (primary N) is 1. The Balaban J connectivity index is 1.89. The molecule has 0 spiro atoms. The van der Waals surface area contributed by atoms with Crippen LogP contribution in [0.15, 0.2) is 48.5 Å². The first kappa shape index (κ1) is 16.9. The van der Waals surface area contributed by atoms with Gasteiger partial charge < -0.3 is 10.5 Å². The molecule has 0 fully saturated rings. The standard InChI is InChI=1S/C19H24ClNO/c1-15-5-7-16(8-6-15)19(20)17-9-11-18(12-10-17)22-14-4-2-3-13-21/h5-12,19H,2-4,13-14,21H2,1H3. The molecule has 1 unspecified atom stereocenters. The second-order valence-corrected chi connectivity index (χ2v) is 5.98. The largest absolute Gasteiger partial charge is 0.494 e. The van der Waals surface area contributed by atoms with Gasteiger partial charge >= 0.3 is 0 Å². The van der Waals surface area contributed by atoms with Gasteiger partial charge in [0.15, 0.2) is 0 Å². The van der Waals surface area contributed by atoms with Crippen molar-refractivity contribution in [2.75, 3.05) is 13.2 Å². The maximum absolute atomic E-state index is 6.55. The Labute approximate surface area is 138 Å². The molecule has 118 valence electrons. The average Bonchev–Trinajstić information content (AvgIpc) is 2.55. The zero-order chi connectivity index (χ0) is 15.8. The van der Waals surface area contributed by atoms with Crippen LogP contribution in [0.1, 0.15) is 41.3 Å². The topological polar surface area (TPSA) is 35.2 Å². The van der Waals surface area contributed by atoms with E-state index < -0.39 is 0 Å². The van der Waals surface area contributed by atoms with Crippen LogP contribution in [-0.2, 0) is 0 Å². The minimum absolute atomic E-state index is 0.126. The number of aryl methyl sites for hydroxylation is 1. The van der Waals surface area contributed by atoms with Crippen molar-refractivity contribution in [1.82, 2.24) is 0 Å². The van der Waals surface area contributed by atoms with Crippen molar-refractivity contribution in [3.8, 4) is 5.75 Å². The Kier molecular flexibility index (Phi) is 6.75. The van der Waals surface area contributed by atoms with Gasteiger partial charge in [0.05, 0.1) is 12.0 Å². The highest BCUT2D eigenvalue weighted by molar-refractivity contribution is 6.22. The highest BCUT2D eigenvalue weighted by Gasteiger charge is 2.10. The molecule has 0 saturated carbocycles. The summed E-state index contributed by atoms with van der Waals surface area (Å²) >= 11 is 6.55. The van der Waals surface area contributed by atoms with Crippen LogP contribution in [0.2, 0.25) is 0 Å². The van der Waals surface area contributed by atoms with Crippen molar-refractivity contribution in [3.63, 3.8) is 0 Å². The molecule has 0 radical (unpaired) electrons. The summed E-state index contributed by atoms with van der Waals surface area (Å²) < 4.78 is 5.72. The van der Waals surface area contributed by atoms with E-state index in [9.17, 15) is 0 Å². The molecule has 0 aromatic heterocycles. The summed E-state index contributed by atoms with van der Waals surface area (Å²) in [5, 5.41) is -0.126. The van der Waals surface area contributed by atoms with Crippen LogP contribution in [0, 0.1) is 6.92 Å². The van der Waals surface area contributed by atoms with E-state index in [1.165, 1.54) is 5.56 Å². The normalized spacial score (nSPS) is 12.1. The summed E-state index contributed by atoms with van der Waals surface area (Å²) in [6, 6.07) is 16.4. The smallest absolute Gasteiger partial charge is 0.119 e. The molecule has 2 aromatic carbocycles. The zero-order valence-electron chi connectivity index (χ0n) is 13.1. The van der Waals surface area contributed by atoms with Crippen molar-refractivity contribution >= 4 is 11.6 Å². The molecule has 3 heteroatoms. The molecule has 0 saturated heterocycles. The monoisotopic (exact) mass is 317 g/mol. The van der Waals surface area contributed by atoms with Gasteiger partial charge in [-0.3, -0.25) is 0 Å². The predicted molar refractivity (Wildman–Crippen MR) is 93.7 cm³/mol. The number of hydrogen-bond donors (Lipinski definition) is 1. The van der Waals surface area contributed by atoms with Gasteiger partial charge in [-0.15, -0.1) is 11.6 Å². The first-order valence-corrected chi connectivity index (χ1v) is 8.28. The quantitative estimate of drug-likeness (QED) is 0.559. The van der Waals surface area contributed by atoms with E-state index in [1.54, 1.807) is 0 Å². The average molecular weight is 318 g/mol. The molecule has 0 aliphatic heterocycles.